The van der Waals surface area contributed by atoms with Crippen molar-refractivity contribution in [2.45, 2.75) is 16.7 Å². The zero-order chi connectivity index (χ0) is 24.4. The van der Waals surface area contributed by atoms with Gasteiger partial charge >= 0.3 is 0 Å². The Hall–Kier alpha value is -2.80. The molecular formula is C21H26N4O6S2. The molecule has 1 N–H and O–H groups in total. The molecule has 0 aromatic heterocycles. The molecule has 0 atom stereocenters. The summed E-state index contributed by atoms with van der Waals surface area (Å²) in [6.45, 7) is 2.44. The lowest BCUT2D eigenvalue weighted by Gasteiger charge is -2.33. The fourth-order valence-electron chi connectivity index (χ4n) is 3.31. The molecule has 1 aliphatic heterocycles. The van der Waals surface area contributed by atoms with Gasteiger partial charge in [-0.2, -0.15) is 4.31 Å². The van der Waals surface area contributed by atoms with Gasteiger partial charge in [0.05, 0.1) is 9.79 Å². The highest BCUT2D eigenvalue weighted by Gasteiger charge is 2.29. The van der Waals surface area contributed by atoms with E-state index in [9.17, 15) is 26.4 Å². The highest BCUT2D eigenvalue weighted by Crippen LogP contribution is 2.21. The van der Waals surface area contributed by atoms with Gasteiger partial charge in [-0.1, -0.05) is 6.07 Å². The van der Waals surface area contributed by atoms with Gasteiger partial charge in [0.15, 0.2) is 0 Å². The highest BCUT2D eigenvalue weighted by atomic mass is 32.2. The molecule has 1 saturated heterocycles. The summed E-state index contributed by atoms with van der Waals surface area (Å²) in [5.41, 5.74) is 0.509. The molecule has 0 aliphatic carbocycles. The van der Waals surface area contributed by atoms with Gasteiger partial charge in [-0.3, -0.25) is 9.59 Å². The van der Waals surface area contributed by atoms with Crippen molar-refractivity contribution < 1.29 is 26.4 Å². The summed E-state index contributed by atoms with van der Waals surface area (Å²) in [5.74, 6) is -0.630. The maximum Gasteiger partial charge on any atom is 0.255 e. The summed E-state index contributed by atoms with van der Waals surface area (Å²) >= 11 is 0. The number of amides is 2. The number of sulfonamides is 2. The van der Waals surface area contributed by atoms with E-state index in [2.05, 4.69) is 5.32 Å². The predicted molar refractivity (Wildman–Crippen MR) is 123 cm³/mol. The second-order valence-corrected chi connectivity index (χ2v) is 11.8. The van der Waals surface area contributed by atoms with Crippen LogP contribution in [0, 0.1) is 0 Å². The molecule has 1 heterocycles. The van der Waals surface area contributed by atoms with Gasteiger partial charge in [0.2, 0.25) is 26.0 Å². The van der Waals surface area contributed by atoms with Crippen LogP contribution in [0.2, 0.25) is 0 Å². The molecule has 1 aliphatic rings. The van der Waals surface area contributed by atoms with Crippen LogP contribution in [-0.2, 0) is 24.8 Å². The Kier molecular flexibility index (Phi) is 7.22. The highest BCUT2D eigenvalue weighted by molar-refractivity contribution is 7.89. The van der Waals surface area contributed by atoms with E-state index in [4.69, 9.17) is 0 Å². The Morgan fingerprint density at radius 2 is 1.48 bits per heavy atom. The van der Waals surface area contributed by atoms with Gasteiger partial charge in [-0.05, 0) is 42.5 Å². The normalized spacial score (nSPS) is 15.5. The van der Waals surface area contributed by atoms with Crippen LogP contribution in [0.1, 0.15) is 17.3 Å². The van der Waals surface area contributed by atoms with Gasteiger partial charge in [0.25, 0.3) is 5.91 Å². The summed E-state index contributed by atoms with van der Waals surface area (Å²) in [7, 11) is -4.56. The number of carbonyl (C=O) groups is 2. The van der Waals surface area contributed by atoms with Crippen molar-refractivity contribution in [3.05, 3.63) is 54.1 Å². The minimum atomic E-state index is -3.83. The molecule has 0 spiro atoms. The number of rotatable bonds is 6. The molecule has 2 aromatic carbocycles. The molecule has 2 aromatic rings. The molecule has 0 unspecified atom stereocenters. The summed E-state index contributed by atoms with van der Waals surface area (Å²) in [6, 6.07) is 11.4. The first-order valence-electron chi connectivity index (χ1n) is 10.1. The van der Waals surface area contributed by atoms with Crippen LogP contribution in [-0.4, -0.2) is 82.4 Å². The van der Waals surface area contributed by atoms with Gasteiger partial charge in [0, 0.05) is 58.4 Å². The van der Waals surface area contributed by atoms with E-state index in [-0.39, 0.29) is 34.4 Å². The lowest BCUT2D eigenvalue weighted by molar-refractivity contribution is -0.129. The summed E-state index contributed by atoms with van der Waals surface area (Å²) in [6.07, 6.45) is 0. The van der Waals surface area contributed by atoms with Crippen molar-refractivity contribution in [3.63, 3.8) is 0 Å². The number of piperazine rings is 1. The Morgan fingerprint density at radius 1 is 0.879 bits per heavy atom. The van der Waals surface area contributed by atoms with Gasteiger partial charge in [-0.15, -0.1) is 0 Å². The number of benzene rings is 2. The third-order valence-corrected chi connectivity index (χ3v) is 9.03. The molecular weight excluding hydrogens is 468 g/mol. The van der Waals surface area contributed by atoms with Crippen LogP contribution in [0.5, 0.6) is 0 Å². The SMILES string of the molecule is CC(=O)N1CCN(S(=O)(=O)c2cccc(C(=O)Nc3ccc(S(=O)(=O)N(C)C)cc3)c2)CC1. The molecule has 33 heavy (non-hydrogen) atoms. The Labute approximate surface area is 193 Å². The van der Waals surface area contributed by atoms with Crippen molar-refractivity contribution in [2.75, 3.05) is 45.6 Å². The molecule has 1 fully saturated rings. The second-order valence-electron chi connectivity index (χ2n) is 7.70. The Morgan fingerprint density at radius 3 is 2.03 bits per heavy atom. The maximum atomic E-state index is 13.0. The first kappa shape index (κ1) is 24.8. The van der Waals surface area contributed by atoms with E-state index in [1.165, 1.54) is 73.9 Å². The van der Waals surface area contributed by atoms with Crippen molar-refractivity contribution in [2.24, 2.45) is 0 Å². The topological polar surface area (TPSA) is 124 Å². The monoisotopic (exact) mass is 494 g/mol. The quantitative estimate of drug-likeness (QED) is 0.640. The van der Waals surface area contributed by atoms with Crippen LogP contribution >= 0.6 is 0 Å². The van der Waals surface area contributed by atoms with E-state index < -0.39 is 26.0 Å². The van der Waals surface area contributed by atoms with Crippen molar-refractivity contribution in [3.8, 4) is 0 Å². The van der Waals surface area contributed by atoms with Crippen LogP contribution in [0.4, 0.5) is 5.69 Å². The fourth-order valence-corrected chi connectivity index (χ4v) is 5.68. The summed E-state index contributed by atoms with van der Waals surface area (Å²) in [4.78, 5) is 25.8. The van der Waals surface area contributed by atoms with E-state index >= 15 is 0 Å². The van der Waals surface area contributed by atoms with Crippen LogP contribution < -0.4 is 5.32 Å². The minimum Gasteiger partial charge on any atom is -0.340 e. The lowest BCUT2D eigenvalue weighted by Crippen LogP contribution is -2.49. The average molecular weight is 495 g/mol. The minimum absolute atomic E-state index is 0.0150. The average Bonchev–Trinajstić information content (AvgIpc) is 2.79. The summed E-state index contributed by atoms with van der Waals surface area (Å²) in [5, 5.41) is 2.64. The molecule has 2 amide bonds. The smallest absolute Gasteiger partial charge is 0.255 e. The van der Waals surface area contributed by atoms with Crippen molar-refractivity contribution >= 4 is 37.5 Å². The van der Waals surface area contributed by atoms with E-state index in [0.717, 1.165) is 4.31 Å². The number of anilines is 1. The number of nitrogens with zero attached hydrogens (tertiary/aromatic N) is 3. The third kappa shape index (κ3) is 5.41. The first-order valence-corrected chi connectivity index (χ1v) is 13.0. The third-order valence-electron chi connectivity index (χ3n) is 5.31. The Bertz CT molecular complexity index is 1250. The van der Waals surface area contributed by atoms with Crippen LogP contribution in [0.25, 0.3) is 0 Å². The lowest BCUT2D eigenvalue weighted by atomic mass is 10.2. The molecule has 3 rings (SSSR count). The van der Waals surface area contributed by atoms with Crippen molar-refractivity contribution in [1.29, 1.82) is 0 Å². The standard InChI is InChI=1S/C21H26N4O6S2/c1-16(26)24-11-13-25(14-12-24)33(30,31)20-6-4-5-17(15-20)21(27)22-18-7-9-19(10-8-18)32(28,29)23(2)3/h4-10,15H,11-14H2,1-3H3,(H,22,27). The number of carbonyl (C=O) groups excluding carboxylic acids is 2. The van der Waals surface area contributed by atoms with Crippen LogP contribution in [0.15, 0.2) is 58.3 Å². The Balaban J connectivity index is 1.74. The number of hydrogen-bond acceptors (Lipinski definition) is 6. The van der Waals surface area contributed by atoms with Gasteiger partial charge in [-0.25, -0.2) is 21.1 Å². The van der Waals surface area contributed by atoms with Gasteiger partial charge < -0.3 is 10.2 Å². The van der Waals surface area contributed by atoms with Gasteiger partial charge in [0.1, 0.15) is 0 Å². The zero-order valence-electron chi connectivity index (χ0n) is 18.6. The largest absolute Gasteiger partial charge is 0.340 e. The molecule has 0 saturated carbocycles. The van der Waals surface area contributed by atoms with Crippen molar-refractivity contribution in [1.82, 2.24) is 13.5 Å². The molecule has 0 radical (unpaired) electrons. The zero-order valence-corrected chi connectivity index (χ0v) is 20.2. The van der Waals surface area contributed by atoms with Crippen LogP contribution in [0.3, 0.4) is 0 Å². The van der Waals surface area contributed by atoms with E-state index in [1.807, 2.05) is 0 Å². The second kappa shape index (κ2) is 9.59. The fraction of sp³-hybridized carbons (Fsp3) is 0.333. The maximum absolute atomic E-state index is 13.0. The first-order chi connectivity index (χ1) is 15.4. The predicted octanol–water partition coefficient (Wildman–Crippen LogP) is 1.04. The number of nitrogens with one attached hydrogen (secondary N) is 1. The van der Waals surface area contributed by atoms with E-state index in [1.54, 1.807) is 4.90 Å². The molecule has 0 bridgehead atoms. The molecule has 10 nitrogen and oxygen atoms in total. The molecule has 178 valence electrons. The number of hydrogen-bond donors (Lipinski definition) is 1. The summed E-state index contributed by atoms with van der Waals surface area (Å²) < 4.78 is 52.7. The van der Waals surface area contributed by atoms with E-state index in [0.29, 0.717) is 18.8 Å². The molecule has 12 heteroatoms.